The Labute approximate surface area is 77.8 Å². The highest BCUT2D eigenvalue weighted by molar-refractivity contribution is 5.27. The molecule has 0 bridgehead atoms. The average molecular weight is 203 g/mol. The highest BCUT2D eigenvalue weighted by Crippen LogP contribution is 2.31. The van der Waals surface area contributed by atoms with Gasteiger partial charge in [-0.2, -0.15) is 13.2 Å². The van der Waals surface area contributed by atoms with Crippen molar-refractivity contribution < 1.29 is 17.6 Å². The zero-order valence-electron chi connectivity index (χ0n) is 6.90. The van der Waals surface area contributed by atoms with Gasteiger partial charge in [-0.3, -0.25) is 0 Å². The molecule has 0 aliphatic rings. The van der Waals surface area contributed by atoms with E-state index in [9.17, 15) is 17.6 Å². The third-order valence-corrected chi connectivity index (χ3v) is 1.60. The summed E-state index contributed by atoms with van der Waals surface area (Å²) in [6.07, 6.45) is -4.68. The largest absolute Gasteiger partial charge is 0.419 e. The minimum Gasteiger partial charge on any atom is -0.312 e. The Hall–Kier alpha value is -1.57. The minimum absolute atomic E-state index is 0.116. The molecular formula is C9H5F4N. The summed E-state index contributed by atoms with van der Waals surface area (Å²) in [5.74, 6) is -1.33. The summed E-state index contributed by atoms with van der Waals surface area (Å²) in [5.41, 5.74) is -1.06. The molecule has 1 rings (SSSR count). The first-order chi connectivity index (χ1) is 6.45. The lowest BCUT2D eigenvalue weighted by Gasteiger charge is -2.07. The summed E-state index contributed by atoms with van der Waals surface area (Å²) in [7, 11) is 0. The predicted molar refractivity (Wildman–Crippen MR) is 41.7 cm³/mol. The molecule has 0 spiro atoms. The molecule has 0 amide bonds. The van der Waals surface area contributed by atoms with Gasteiger partial charge in [0.1, 0.15) is 5.82 Å². The number of rotatable bonds is 1. The second kappa shape index (κ2) is 3.66. The van der Waals surface area contributed by atoms with Crippen molar-refractivity contribution in [2.45, 2.75) is 12.7 Å². The Bertz CT molecular complexity index is 375. The Balaban J connectivity index is 3.09. The van der Waals surface area contributed by atoms with Gasteiger partial charge in [-0.05, 0) is 12.1 Å². The molecular weight excluding hydrogens is 198 g/mol. The van der Waals surface area contributed by atoms with Crippen molar-refractivity contribution in [3.63, 3.8) is 0 Å². The number of halogens is 4. The van der Waals surface area contributed by atoms with Gasteiger partial charge >= 0.3 is 6.18 Å². The van der Waals surface area contributed by atoms with Gasteiger partial charge < -0.3 is 4.85 Å². The van der Waals surface area contributed by atoms with Crippen LogP contribution in [0.1, 0.15) is 11.1 Å². The van der Waals surface area contributed by atoms with Gasteiger partial charge in [-0.25, -0.2) is 11.0 Å². The average Bonchev–Trinajstić information content (AvgIpc) is 2.02. The van der Waals surface area contributed by atoms with E-state index in [1.165, 1.54) is 0 Å². The molecule has 1 aromatic carbocycles. The van der Waals surface area contributed by atoms with E-state index in [0.717, 1.165) is 12.1 Å². The zero-order valence-corrected chi connectivity index (χ0v) is 6.90. The first-order valence-corrected chi connectivity index (χ1v) is 3.64. The third-order valence-electron chi connectivity index (χ3n) is 1.60. The van der Waals surface area contributed by atoms with Gasteiger partial charge in [0.15, 0.2) is 0 Å². The van der Waals surface area contributed by atoms with Crippen LogP contribution in [-0.4, -0.2) is 0 Å². The molecule has 1 nitrogen and oxygen atoms in total. The predicted octanol–water partition coefficient (Wildman–Crippen LogP) is 3.26. The van der Waals surface area contributed by atoms with Crippen molar-refractivity contribution in [3.8, 4) is 0 Å². The van der Waals surface area contributed by atoms with Gasteiger partial charge in [-0.1, -0.05) is 6.07 Å². The van der Waals surface area contributed by atoms with Gasteiger partial charge in [0, 0.05) is 5.56 Å². The molecule has 0 aliphatic heterocycles. The van der Waals surface area contributed by atoms with Crippen molar-refractivity contribution >= 4 is 0 Å². The van der Waals surface area contributed by atoms with Gasteiger partial charge in [0.05, 0.1) is 5.56 Å². The van der Waals surface area contributed by atoms with Crippen LogP contribution in [0.3, 0.4) is 0 Å². The van der Waals surface area contributed by atoms with Crippen LogP contribution in [0.4, 0.5) is 17.6 Å². The molecule has 14 heavy (non-hydrogen) atoms. The summed E-state index contributed by atoms with van der Waals surface area (Å²) in [6, 6.07) is 2.49. The molecule has 5 heteroatoms. The summed E-state index contributed by atoms with van der Waals surface area (Å²) in [6.45, 7) is 6.35. The van der Waals surface area contributed by atoms with Crippen LogP contribution >= 0.6 is 0 Å². The lowest BCUT2D eigenvalue weighted by atomic mass is 10.1. The van der Waals surface area contributed by atoms with Gasteiger partial charge in [0.25, 0.3) is 0 Å². The first kappa shape index (κ1) is 10.5. The summed E-state index contributed by atoms with van der Waals surface area (Å²) >= 11 is 0. The van der Waals surface area contributed by atoms with Crippen LogP contribution in [0.15, 0.2) is 18.2 Å². The first-order valence-electron chi connectivity index (χ1n) is 3.64. The Morgan fingerprint density at radius 1 is 1.29 bits per heavy atom. The van der Waals surface area contributed by atoms with Crippen LogP contribution in [0.5, 0.6) is 0 Å². The number of hydrogen-bond acceptors (Lipinski definition) is 0. The van der Waals surface area contributed by atoms with E-state index < -0.39 is 17.6 Å². The van der Waals surface area contributed by atoms with Gasteiger partial charge in [0.2, 0.25) is 6.54 Å². The maximum Gasteiger partial charge on any atom is 0.419 e. The topological polar surface area (TPSA) is 4.36 Å². The molecule has 0 saturated heterocycles. The van der Waals surface area contributed by atoms with E-state index in [1.807, 2.05) is 0 Å². The molecule has 0 N–H and O–H groups in total. The monoisotopic (exact) mass is 203 g/mol. The maximum atomic E-state index is 12.8. The number of benzene rings is 1. The second-order valence-electron chi connectivity index (χ2n) is 2.63. The maximum absolute atomic E-state index is 12.8. The highest BCUT2D eigenvalue weighted by Gasteiger charge is 2.33. The Morgan fingerprint density at radius 2 is 1.93 bits per heavy atom. The molecule has 0 radical (unpaired) electrons. The summed E-state index contributed by atoms with van der Waals surface area (Å²) in [5, 5.41) is 0. The Kier molecular flexibility index (Phi) is 2.75. The number of hydrogen-bond donors (Lipinski definition) is 0. The third kappa shape index (κ3) is 2.22. The van der Waals surface area contributed by atoms with Crippen molar-refractivity contribution in [2.75, 3.05) is 0 Å². The molecule has 0 unspecified atom stereocenters. The van der Waals surface area contributed by atoms with Crippen molar-refractivity contribution in [1.82, 2.24) is 0 Å². The van der Waals surface area contributed by atoms with Gasteiger partial charge in [-0.15, -0.1) is 0 Å². The van der Waals surface area contributed by atoms with E-state index in [0.29, 0.717) is 6.07 Å². The molecule has 0 aromatic heterocycles. The normalized spacial score (nSPS) is 11.1. The fourth-order valence-corrected chi connectivity index (χ4v) is 0.978. The zero-order chi connectivity index (χ0) is 10.8. The van der Waals surface area contributed by atoms with Crippen LogP contribution < -0.4 is 0 Å². The standard InChI is InChI=1S/C9H5F4N/c1-14-5-6-2-3-7(8(10)4-6)9(11,12)13/h2-4H,5H2. The fraction of sp³-hybridized carbons (Fsp3) is 0.222. The van der Waals surface area contributed by atoms with Crippen molar-refractivity contribution in [2.24, 2.45) is 0 Å². The lowest BCUT2D eigenvalue weighted by Crippen LogP contribution is -2.08. The smallest absolute Gasteiger partial charge is 0.312 e. The molecule has 74 valence electrons. The van der Waals surface area contributed by atoms with E-state index in [-0.39, 0.29) is 12.1 Å². The molecule has 0 atom stereocenters. The van der Waals surface area contributed by atoms with Crippen molar-refractivity contribution in [3.05, 3.63) is 46.6 Å². The number of alkyl halides is 3. The van der Waals surface area contributed by atoms with E-state index in [4.69, 9.17) is 6.57 Å². The van der Waals surface area contributed by atoms with Crippen LogP contribution in [0.2, 0.25) is 0 Å². The lowest BCUT2D eigenvalue weighted by molar-refractivity contribution is -0.140. The minimum atomic E-state index is -4.68. The molecule has 1 aromatic rings. The van der Waals surface area contributed by atoms with E-state index in [2.05, 4.69) is 4.85 Å². The summed E-state index contributed by atoms with van der Waals surface area (Å²) in [4.78, 5) is 2.94. The second-order valence-corrected chi connectivity index (χ2v) is 2.63. The summed E-state index contributed by atoms with van der Waals surface area (Å²) < 4.78 is 49.0. The van der Waals surface area contributed by atoms with E-state index in [1.54, 1.807) is 0 Å². The van der Waals surface area contributed by atoms with Crippen LogP contribution in [0.25, 0.3) is 4.85 Å². The molecule has 0 heterocycles. The van der Waals surface area contributed by atoms with Crippen molar-refractivity contribution in [1.29, 1.82) is 0 Å². The highest BCUT2D eigenvalue weighted by atomic mass is 19.4. The molecule has 0 fully saturated rings. The molecule has 0 saturated carbocycles. The Morgan fingerprint density at radius 3 is 2.36 bits per heavy atom. The molecule has 0 aliphatic carbocycles. The van der Waals surface area contributed by atoms with Crippen LogP contribution in [-0.2, 0) is 12.7 Å². The number of nitrogens with zero attached hydrogens (tertiary/aromatic N) is 1. The SMILES string of the molecule is [C-]#[N+]Cc1ccc(C(F)(F)F)c(F)c1. The van der Waals surface area contributed by atoms with Crippen LogP contribution in [0, 0.1) is 12.4 Å². The quantitative estimate of drug-likeness (QED) is 0.487. The fourth-order valence-electron chi connectivity index (χ4n) is 0.978. The van der Waals surface area contributed by atoms with E-state index >= 15 is 0 Å².